The molecule has 0 bridgehead atoms. The molecular formula is C96H197N15O11S2. The van der Waals surface area contributed by atoms with Gasteiger partial charge in [0, 0.05) is 247 Å². The number of carbonyl (C=O) groups is 4. The third-order valence-electron chi connectivity index (χ3n) is 26.1. The molecule has 26 nitrogen and oxygen atoms in total. The topological polar surface area (TPSA) is 228 Å². The van der Waals surface area contributed by atoms with Gasteiger partial charge in [-0.05, 0) is 276 Å². The Bertz CT molecular complexity index is 2680. The fourth-order valence-electron chi connectivity index (χ4n) is 17.3. The summed E-state index contributed by atoms with van der Waals surface area (Å²) in [4.78, 5) is 76.3. The highest BCUT2D eigenvalue weighted by Crippen LogP contribution is 2.27. The number of aliphatic carboxylic acids is 1. The number of thioether (sulfide) groups is 1. The molecule has 13 aliphatic heterocycles. The lowest BCUT2D eigenvalue weighted by Crippen LogP contribution is -2.49. The lowest BCUT2D eigenvalue weighted by atomic mass is 9.92. The smallest absolute Gasteiger partial charge is 0.320 e. The number of nitrogens with zero attached hydrogens (tertiary/aromatic N) is 14. The number of carbonyl (C=O) groups excluding carboxylic acids is 3. The predicted molar refractivity (Wildman–Crippen MR) is 521 cm³/mol. The normalized spacial score (nSPS) is 24.3. The number of likely N-dealkylation sites (N-methyl/N-ethyl adjacent to an activating group) is 1. The number of fused-ring (bicyclic) bond motifs is 1. The van der Waals surface area contributed by atoms with Gasteiger partial charge in [0.25, 0.3) is 0 Å². The molecule has 3 atom stereocenters. The van der Waals surface area contributed by atoms with Gasteiger partial charge in [-0.15, -0.1) is 0 Å². The molecule has 13 saturated heterocycles. The van der Waals surface area contributed by atoms with E-state index in [0.717, 1.165) is 186 Å². The third-order valence-corrected chi connectivity index (χ3v) is 28.7. The largest absolute Gasteiger partial charge is 0.480 e. The summed E-state index contributed by atoms with van der Waals surface area (Å²) >= 11 is 2.07. The molecule has 734 valence electrons. The van der Waals surface area contributed by atoms with Crippen LogP contribution in [0.3, 0.4) is 0 Å². The van der Waals surface area contributed by atoms with Crippen LogP contribution in [0.4, 0.5) is 0 Å². The molecule has 0 aromatic heterocycles. The van der Waals surface area contributed by atoms with E-state index >= 15 is 0 Å². The van der Waals surface area contributed by atoms with Crippen LogP contribution in [0.5, 0.6) is 0 Å². The fourth-order valence-corrected chi connectivity index (χ4v) is 19.5. The molecular weight excluding hydrogens is 1600 g/mol. The number of morpholine rings is 2. The van der Waals surface area contributed by atoms with Crippen LogP contribution in [0.1, 0.15) is 262 Å². The standard InChI is InChI=1S/C10H20N2.C9H20N2O.C9H17NO2.C9H19N.C8H18N2.C8H17NO.C8H15NO.C7H15NO2S.C7H13NO2.C7H15NO.C7H13NO.C7H15NS/c1-8(2)12-6-4-9-3-5-11-10(9)7-12;1-9(2)11-5-3-10(4-6-11)7-8-12;1-7(2)10-6-4-3-5-8(10)9(11)12;1-9(2)10-7-5-3-4-6-8-10;1-8(2)10-6-4-9(3)5-7-10;1-8(2)9-4-3-6-10-7-5-9;1-7(2)9-6-4-3-5-8(9)10;1-7(2)8-3-5-11(9,10)6-4-8;1-6(2)8-3-4-10-5-7(8)9;1-7(2)8-3-5-9-6-4-8;1-6(2)8-5-3-4-7(8)9;1-7(2)8-3-5-9-6-4-8/h8-11H,3-7H2,1-2H3;9,12H,3-8H2,1-2H3;7-8H,3-6H2,1-2H3,(H,11,12);9H,3-8H2,1-2H3;8H,4-7H2,1-3H3;8H,3-7H2,1-2H3;7H,3-6H2,1-2H3;7H,3-6H2,1-2H3;6H,3-5H2,1-2H3;7H,3-6H2,1-2H3;6H,3-5H2,1-2H3;7H,3-6H2,1-2H3. The molecule has 124 heavy (non-hydrogen) atoms. The number of piperidine rings is 3. The summed E-state index contributed by atoms with van der Waals surface area (Å²) in [6.07, 6.45) is 17.6. The Morgan fingerprint density at radius 3 is 1.21 bits per heavy atom. The Hall–Kier alpha value is -2.46. The lowest BCUT2D eigenvalue weighted by Gasteiger charge is -2.37. The van der Waals surface area contributed by atoms with Crippen LogP contribution in [0.15, 0.2) is 0 Å². The SMILES string of the molecule is CC(C)N1CCC2CCNC2C1.CC(C)N1CCCC1=O.CC(C)N1CCCCC1=O.CC(C)N1CCCCC1C(=O)O.CC(C)N1CCCCCC1.CC(C)N1CCCOCC1.CC(C)N1CCN(C)CC1.CC(C)N1CCN(CCO)CC1.CC(C)N1CCOCC1.CC(C)N1CCOCC1=O.CC(C)N1CCS(=O)(=O)CC1.CC(C)N1CCSCC1. The van der Waals surface area contributed by atoms with Gasteiger partial charge in [0.05, 0.1) is 44.5 Å². The van der Waals surface area contributed by atoms with Gasteiger partial charge >= 0.3 is 5.97 Å². The molecule has 13 aliphatic rings. The first-order valence-electron chi connectivity index (χ1n) is 49.8. The molecule has 0 aromatic carbocycles. The zero-order valence-corrected chi connectivity index (χ0v) is 86.2. The van der Waals surface area contributed by atoms with Gasteiger partial charge in [-0.25, -0.2) is 8.42 Å². The number of aliphatic hydroxyl groups is 1. The molecule has 13 fully saturated rings. The van der Waals surface area contributed by atoms with Crippen molar-refractivity contribution in [3.63, 3.8) is 0 Å². The van der Waals surface area contributed by atoms with Crippen molar-refractivity contribution in [2.24, 2.45) is 5.92 Å². The van der Waals surface area contributed by atoms with E-state index in [4.69, 9.17) is 24.4 Å². The number of rotatable bonds is 15. The molecule has 0 saturated carbocycles. The van der Waals surface area contributed by atoms with Gasteiger partial charge in [-0.3, -0.25) is 63.3 Å². The summed E-state index contributed by atoms with van der Waals surface area (Å²) in [6, 6.07) is 7.53. The molecule has 28 heteroatoms. The van der Waals surface area contributed by atoms with E-state index in [2.05, 4.69) is 230 Å². The second-order valence-electron chi connectivity index (χ2n) is 39.4. The van der Waals surface area contributed by atoms with Crippen molar-refractivity contribution in [2.45, 2.75) is 347 Å². The lowest BCUT2D eigenvalue weighted by molar-refractivity contribution is -0.146. The van der Waals surface area contributed by atoms with E-state index in [1.165, 1.54) is 141 Å². The summed E-state index contributed by atoms with van der Waals surface area (Å²) in [7, 11) is -0.499. The van der Waals surface area contributed by atoms with E-state index in [1.807, 2.05) is 28.5 Å². The van der Waals surface area contributed by atoms with E-state index < -0.39 is 15.8 Å². The molecule has 0 spiro atoms. The van der Waals surface area contributed by atoms with Crippen LogP contribution in [-0.2, 0) is 43.2 Å². The second-order valence-corrected chi connectivity index (χ2v) is 42.9. The first-order chi connectivity index (χ1) is 58.7. The van der Waals surface area contributed by atoms with Crippen molar-refractivity contribution in [3.05, 3.63) is 0 Å². The molecule has 3 amide bonds. The van der Waals surface area contributed by atoms with Gasteiger partial charge < -0.3 is 54.2 Å². The first kappa shape index (κ1) is 118. The summed E-state index contributed by atoms with van der Waals surface area (Å²) in [5.74, 6) is 4.43. The molecule has 3 unspecified atom stereocenters. The van der Waals surface area contributed by atoms with Crippen LogP contribution in [0.25, 0.3) is 0 Å². The van der Waals surface area contributed by atoms with Crippen molar-refractivity contribution in [1.82, 2.24) is 73.9 Å². The highest BCUT2D eigenvalue weighted by molar-refractivity contribution is 7.99. The average Bonchev–Trinajstić information content (AvgIpc) is 1.63. The molecule has 13 rings (SSSR count). The number of likely N-dealkylation sites (tertiary alicyclic amines) is 5. The van der Waals surface area contributed by atoms with Crippen molar-refractivity contribution in [2.75, 3.05) is 246 Å². The number of hydrogen-bond acceptors (Lipinski definition) is 23. The Morgan fingerprint density at radius 1 is 0.387 bits per heavy atom. The van der Waals surface area contributed by atoms with Gasteiger partial charge in [-0.2, -0.15) is 11.8 Å². The van der Waals surface area contributed by atoms with Gasteiger partial charge in [-0.1, -0.05) is 19.3 Å². The van der Waals surface area contributed by atoms with Crippen LogP contribution < -0.4 is 5.32 Å². The van der Waals surface area contributed by atoms with Crippen LogP contribution >= 0.6 is 11.8 Å². The van der Waals surface area contributed by atoms with Crippen molar-refractivity contribution < 1.29 is 52.0 Å². The van der Waals surface area contributed by atoms with E-state index in [9.17, 15) is 27.6 Å². The summed E-state index contributed by atoms with van der Waals surface area (Å²) in [5.41, 5.74) is 0. The Morgan fingerprint density at radius 2 is 0.790 bits per heavy atom. The number of carboxylic acid groups (broad SMARTS) is 1. The van der Waals surface area contributed by atoms with E-state index in [-0.39, 0.29) is 18.6 Å². The Labute approximate surface area is 766 Å². The maximum absolute atomic E-state index is 11.2. The minimum atomic E-state index is -2.69. The second kappa shape index (κ2) is 67.7. The number of nitrogens with one attached hydrogen (secondary N) is 1. The quantitative estimate of drug-likeness (QED) is 0.138. The van der Waals surface area contributed by atoms with Crippen molar-refractivity contribution in [3.8, 4) is 0 Å². The fraction of sp³-hybridized carbons (Fsp3) is 0.958. The third kappa shape index (κ3) is 51.5. The highest BCUT2D eigenvalue weighted by atomic mass is 32.2. The molecule has 0 aliphatic carbocycles. The zero-order chi connectivity index (χ0) is 92.9. The molecule has 0 aromatic rings. The highest BCUT2D eigenvalue weighted by Gasteiger charge is 2.34. The van der Waals surface area contributed by atoms with Crippen LogP contribution in [0.2, 0.25) is 0 Å². The number of hydrogen-bond donors (Lipinski definition) is 3. The number of sulfone groups is 1. The van der Waals surface area contributed by atoms with Gasteiger partial charge in [0.15, 0.2) is 9.84 Å². The minimum absolute atomic E-state index is 0.112. The van der Waals surface area contributed by atoms with E-state index in [0.29, 0.717) is 98.0 Å². The van der Waals surface area contributed by atoms with Crippen molar-refractivity contribution in [1.29, 1.82) is 0 Å². The molecule has 13 heterocycles. The molecule has 0 radical (unpaired) electrons. The predicted octanol–water partition coefficient (Wildman–Crippen LogP) is 11.4. The summed E-state index contributed by atoms with van der Waals surface area (Å²) in [6.45, 7) is 86.2. The number of β-amino-alcohol motifs (C(OH)–C–C–N with tert-alkyl or cyclic N) is 1. The monoisotopic (exact) mass is 1800 g/mol. The summed E-state index contributed by atoms with van der Waals surface area (Å²) < 4.78 is 37.5. The number of piperazine rings is 2. The van der Waals surface area contributed by atoms with Crippen LogP contribution in [0, 0.1) is 5.92 Å². The summed E-state index contributed by atoms with van der Waals surface area (Å²) in [5, 5.41) is 21.3. The Kier molecular flexibility index (Phi) is 64.2. The van der Waals surface area contributed by atoms with Gasteiger partial charge in [0.2, 0.25) is 17.7 Å². The minimum Gasteiger partial charge on any atom is -0.480 e. The number of aliphatic hydroxyl groups excluding tert-OH is 1. The molecule has 3 N–H and O–H groups in total. The van der Waals surface area contributed by atoms with E-state index in [1.54, 1.807) is 0 Å². The van der Waals surface area contributed by atoms with Gasteiger partial charge in [0.1, 0.15) is 12.6 Å². The Balaban J connectivity index is 0.000000459. The number of ether oxygens (including phenoxy) is 3. The van der Waals surface area contributed by atoms with Crippen LogP contribution in [-0.4, -0.2) is 442 Å². The first-order valence-corrected chi connectivity index (χ1v) is 52.7. The van der Waals surface area contributed by atoms with Crippen molar-refractivity contribution >= 4 is 45.3 Å². The average molecular weight is 1800 g/mol. The zero-order valence-electron chi connectivity index (χ0n) is 84.6. The number of amides is 3. The number of carboxylic acids is 1. The maximum atomic E-state index is 11.2. The maximum Gasteiger partial charge on any atom is 0.320 e.